The maximum absolute atomic E-state index is 13.5. The fourth-order valence-corrected chi connectivity index (χ4v) is 3.95. The van der Waals surface area contributed by atoms with Crippen LogP contribution in [0, 0.1) is 5.41 Å². The lowest BCUT2D eigenvalue weighted by Gasteiger charge is -2.26. The Morgan fingerprint density at radius 2 is 1.59 bits per heavy atom. The van der Waals surface area contributed by atoms with Crippen molar-refractivity contribution in [1.29, 1.82) is 5.41 Å². The van der Waals surface area contributed by atoms with Gasteiger partial charge in [-0.2, -0.15) is 0 Å². The summed E-state index contributed by atoms with van der Waals surface area (Å²) in [5.41, 5.74) is 1.24. The number of ether oxygens (including phenoxy) is 1. The first kappa shape index (κ1) is 28.6. The fourth-order valence-electron chi connectivity index (χ4n) is 3.45. The van der Waals surface area contributed by atoms with Crippen molar-refractivity contribution in [3.05, 3.63) is 105 Å². The van der Waals surface area contributed by atoms with E-state index in [1.54, 1.807) is 61.5 Å². The highest BCUT2D eigenvalue weighted by Crippen LogP contribution is 2.27. The van der Waals surface area contributed by atoms with E-state index in [1.165, 1.54) is 18.2 Å². The fraction of sp³-hybridized carbons (Fsp3) is 0.192. The highest BCUT2D eigenvalue weighted by molar-refractivity contribution is 6.42. The zero-order valence-corrected chi connectivity index (χ0v) is 21.9. The molecular weight excluding hydrogens is 539 g/mol. The van der Waals surface area contributed by atoms with E-state index in [0.29, 0.717) is 21.7 Å². The molecule has 5 N–H and O–H groups in total. The number of hydrogen-bond donors (Lipinski definition) is 5. The van der Waals surface area contributed by atoms with Gasteiger partial charge in [0.2, 0.25) is 12.3 Å². The van der Waals surface area contributed by atoms with Crippen molar-refractivity contribution in [2.24, 2.45) is 0 Å². The number of aliphatic hydroxyl groups excluding tert-OH is 1. The van der Waals surface area contributed by atoms with Gasteiger partial charge in [0.05, 0.1) is 10.0 Å². The van der Waals surface area contributed by atoms with Gasteiger partial charge >= 0.3 is 0 Å². The molecule has 0 aliphatic carbocycles. The topological polar surface area (TPSA) is 124 Å². The quantitative estimate of drug-likeness (QED) is 0.140. The van der Waals surface area contributed by atoms with Crippen LogP contribution in [0.15, 0.2) is 72.8 Å². The number of carbonyl (C=O) groups is 2. The van der Waals surface area contributed by atoms with E-state index in [4.69, 9.17) is 44.9 Å². The van der Waals surface area contributed by atoms with Crippen molar-refractivity contribution >= 4 is 52.5 Å². The first-order valence-electron chi connectivity index (χ1n) is 11.2. The van der Waals surface area contributed by atoms with Crippen molar-refractivity contribution in [1.82, 2.24) is 16.0 Å². The number of halogens is 3. The SMILES string of the molecule is CCOC(O)NC(C(=O)NC(C(=O)NC(=N)c1ccccc1)c1cccc(Cl)c1)c1ccc(Cl)c(Cl)c1. The molecule has 0 fully saturated rings. The van der Waals surface area contributed by atoms with E-state index in [-0.39, 0.29) is 22.5 Å². The van der Waals surface area contributed by atoms with E-state index < -0.39 is 30.3 Å². The van der Waals surface area contributed by atoms with Gasteiger partial charge in [0, 0.05) is 17.2 Å². The van der Waals surface area contributed by atoms with Crippen LogP contribution in [-0.2, 0) is 14.3 Å². The lowest BCUT2D eigenvalue weighted by Crippen LogP contribution is -2.48. The second kappa shape index (κ2) is 13.5. The molecule has 11 heteroatoms. The molecule has 3 atom stereocenters. The minimum absolute atomic E-state index is 0.141. The third kappa shape index (κ3) is 8.00. The summed E-state index contributed by atoms with van der Waals surface area (Å²) in [7, 11) is 0. The molecule has 0 spiro atoms. The number of amidine groups is 1. The molecule has 2 amide bonds. The number of benzene rings is 3. The first-order valence-corrected chi connectivity index (χ1v) is 12.3. The van der Waals surface area contributed by atoms with Crippen LogP contribution in [0.1, 0.15) is 35.7 Å². The van der Waals surface area contributed by atoms with Crippen molar-refractivity contribution in [2.45, 2.75) is 25.4 Å². The predicted octanol–water partition coefficient (Wildman–Crippen LogP) is 4.59. The molecule has 194 valence electrons. The Labute approximate surface area is 229 Å². The highest BCUT2D eigenvalue weighted by atomic mass is 35.5. The summed E-state index contributed by atoms with van der Waals surface area (Å²) in [6.07, 6.45) is -1.49. The van der Waals surface area contributed by atoms with Crippen molar-refractivity contribution in [3.63, 3.8) is 0 Å². The molecule has 37 heavy (non-hydrogen) atoms. The van der Waals surface area contributed by atoms with Gasteiger partial charge in [-0.15, -0.1) is 0 Å². The number of hydrogen-bond acceptors (Lipinski definition) is 6. The van der Waals surface area contributed by atoms with Crippen LogP contribution in [0.3, 0.4) is 0 Å². The smallest absolute Gasteiger partial charge is 0.252 e. The summed E-state index contributed by atoms with van der Waals surface area (Å²) in [5, 5.41) is 27.2. The average molecular weight is 564 g/mol. The Kier molecular flexibility index (Phi) is 10.5. The Balaban J connectivity index is 1.92. The van der Waals surface area contributed by atoms with Gasteiger partial charge in [0.25, 0.3) is 5.91 Å². The van der Waals surface area contributed by atoms with E-state index in [2.05, 4.69) is 16.0 Å². The molecule has 3 aromatic rings. The van der Waals surface area contributed by atoms with Gasteiger partial charge in [0.1, 0.15) is 17.9 Å². The zero-order chi connectivity index (χ0) is 26.9. The Hall–Kier alpha value is -2.98. The molecule has 8 nitrogen and oxygen atoms in total. The second-order valence-corrected chi connectivity index (χ2v) is 9.06. The molecule has 3 aromatic carbocycles. The lowest BCUT2D eigenvalue weighted by atomic mass is 10.0. The summed E-state index contributed by atoms with van der Waals surface area (Å²) in [5.74, 6) is -1.48. The minimum atomic E-state index is -1.49. The summed E-state index contributed by atoms with van der Waals surface area (Å²) in [6, 6.07) is 17.2. The van der Waals surface area contributed by atoms with Crippen LogP contribution in [0.2, 0.25) is 15.1 Å². The molecule has 0 heterocycles. The van der Waals surface area contributed by atoms with Gasteiger partial charge in [0.15, 0.2) is 0 Å². The van der Waals surface area contributed by atoms with Crippen LogP contribution in [0.25, 0.3) is 0 Å². The molecule has 3 rings (SSSR count). The lowest BCUT2D eigenvalue weighted by molar-refractivity contribution is -0.140. The number of nitrogens with one attached hydrogen (secondary N) is 4. The molecule has 0 bridgehead atoms. The summed E-state index contributed by atoms with van der Waals surface area (Å²) >= 11 is 18.3. The Morgan fingerprint density at radius 3 is 2.24 bits per heavy atom. The van der Waals surface area contributed by atoms with Crippen molar-refractivity contribution in [2.75, 3.05) is 6.61 Å². The number of amides is 2. The Morgan fingerprint density at radius 1 is 0.892 bits per heavy atom. The van der Waals surface area contributed by atoms with E-state index in [1.807, 2.05) is 0 Å². The van der Waals surface area contributed by atoms with Crippen LogP contribution in [0.4, 0.5) is 0 Å². The van der Waals surface area contributed by atoms with E-state index in [0.717, 1.165) is 0 Å². The van der Waals surface area contributed by atoms with Crippen LogP contribution in [-0.4, -0.2) is 35.8 Å². The maximum atomic E-state index is 13.5. The van der Waals surface area contributed by atoms with Crippen LogP contribution >= 0.6 is 34.8 Å². The molecule has 0 aliphatic rings. The summed E-state index contributed by atoms with van der Waals surface area (Å²) in [4.78, 5) is 26.8. The molecule has 0 saturated carbocycles. The van der Waals surface area contributed by atoms with Gasteiger partial charge in [-0.25, -0.2) is 0 Å². The summed E-state index contributed by atoms with van der Waals surface area (Å²) < 4.78 is 5.13. The molecule has 0 aromatic heterocycles. The highest BCUT2D eigenvalue weighted by Gasteiger charge is 2.30. The predicted molar refractivity (Wildman–Crippen MR) is 144 cm³/mol. The maximum Gasteiger partial charge on any atom is 0.252 e. The number of rotatable bonds is 10. The first-order chi connectivity index (χ1) is 17.7. The normalized spacial score (nSPS) is 13.3. The van der Waals surface area contributed by atoms with E-state index in [9.17, 15) is 14.7 Å². The van der Waals surface area contributed by atoms with Gasteiger partial charge in [-0.1, -0.05) is 83.3 Å². The van der Waals surface area contributed by atoms with Crippen molar-refractivity contribution < 1.29 is 19.4 Å². The Bertz CT molecular complexity index is 1260. The third-order valence-corrected chi connectivity index (χ3v) is 6.19. The second-order valence-electron chi connectivity index (χ2n) is 7.81. The monoisotopic (exact) mass is 562 g/mol. The molecular formula is C26H25Cl3N4O4. The largest absolute Gasteiger partial charge is 0.356 e. The van der Waals surface area contributed by atoms with Gasteiger partial charge in [-0.05, 0) is 42.3 Å². The van der Waals surface area contributed by atoms with Gasteiger partial charge in [-0.3, -0.25) is 20.3 Å². The van der Waals surface area contributed by atoms with Crippen molar-refractivity contribution in [3.8, 4) is 0 Å². The minimum Gasteiger partial charge on any atom is -0.356 e. The number of carbonyl (C=O) groups excluding carboxylic acids is 2. The van der Waals surface area contributed by atoms with Crippen LogP contribution in [0.5, 0.6) is 0 Å². The molecule has 0 aliphatic heterocycles. The summed E-state index contributed by atoms with van der Waals surface area (Å²) in [6.45, 7) is 1.86. The third-order valence-electron chi connectivity index (χ3n) is 5.21. The van der Waals surface area contributed by atoms with Gasteiger partial charge < -0.3 is 20.5 Å². The zero-order valence-electron chi connectivity index (χ0n) is 19.7. The average Bonchev–Trinajstić information content (AvgIpc) is 2.88. The molecule has 0 saturated heterocycles. The van der Waals surface area contributed by atoms with E-state index >= 15 is 0 Å². The molecule has 0 radical (unpaired) electrons. The standard InChI is InChI=1S/C26H25Cl3N4O4/c1-2-37-26(36)32-22(17-11-12-19(28)20(29)14-17)24(34)31-21(16-9-6-10-18(27)13-16)25(35)33-23(30)15-7-4-3-5-8-15/h3-14,21-22,26,32,36H,2H2,1H3,(H,31,34)(H2,30,33,35). The molecule has 3 unspecified atom stereocenters. The van der Waals surface area contributed by atoms with Crippen LogP contribution < -0.4 is 16.0 Å². The number of aliphatic hydroxyl groups is 1.